The SMILES string of the molecule is CC(NC1CCc2c(O)cccc21)c1ccccc1. The first kappa shape index (κ1) is 12.2. The lowest BCUT2D eigenvalue weighted by atomic mass is 10.0. The van der Waals surface area contributed by atoms with Gasteiger partial charge in [-0.1, -0.05) is 42.5 Å². The van der Waals surface area contributed by atoms with Crippen molar-refractivity contribution in [2.45, 2.75) is 31.8 Å². The molecule has 1 aliphatic rings. The summed E-state index contributed by atoms with van der Waals surface area (Å²) in [5.74, 6) is 0.439. The van der Waals surface area contributed by atoms with Crippen LogP contribution in [0.15, 0.2) is 48.5 Å². The first-order valence-electron chi connectivity index (χ1n) is 6.87. The summed E-state index contributed by atoms with van der Waals surface area (Å²) in [5, 5.41) is 13.5. The maximum Gasteiger partial charge on any atom is 0.119 e. The molecular formula is C17H19NO. The molecule has 2 aromatic carbocycles. The van der Waals surface area contributed by atoms with Gasteiger partial charge in [0.25, 0.3) is 0 Å². The Morgan fingerprint density at radius 1 is 1.11 bits per heavy atom. The van der Waals surface area contributed by atoms with Crippen molar-refractivity contribution >= 4 is 0 Å². The third-order valence-corrected chi connectivity index (χ3v) is 4.00. The number of rotatable bonds is 3. The van der Waals surface area contributed by atoms with Gasteiger partial charge in [0.2, 0.25) is 0 Å². The topological polar surface area (TPSA) is 32.3 Å². The van der Waals surface area contributed by atoms with Crippen LogP contribution in [0.4, 0.5) is 0 Å². The lowest BCUT2D eigenvalue weighted by molar-refractivity contribution is 0.465. The van der Waals surface area contributed by atoms with Crippen molar-refractivity contribution in [3.8, 4) is 5.75 Å². The van der Waals surface area contributed by atoms with E-state index in [4.69, 9.17) is 0 Å². The van der Waals surface area contributed by atoms with Gasteiger partial charge < -0.3 is 10.4 Å². The van der Waals surface area contributed by atoms with Gasteiger partial charge in [-0.3, -0.25) is 0 Å². The number of hydrogen-bond donors (Lipinski definition) is 2. The number of phenolic OH excluding ortho intramolecular Hbond substituents is 1. The van der Waals surface area contributed by atoms with Gasteiger partial charge >= 0.3 is 0 Å². The number of fused-ring (bicyclic) bond motifs is 1. The molecule has 0 fully saturated rings. The van der Waals surface area contributed by atoms with Crippen LogP contribution in [0, 0.1) is 0 Å². The molecule has 0 saturated carbocycles. The van der Waals surface area contributed by atoms with Gasteiger partial charge in [-0.15, -0.1) is 0 Å². The fourth-order valence-corrected chi connectivity index (χ4v) is 2.95. The zero-order valence-electron chi connectivity index (χ0n) is 11.1. The second-order valence-corrected chi connectivity index (χ2v) is 5.24. The third-order valence-electron chi connectivity index (χ3n) is 4.00. The quantitative estimate of drug-likeness (QED) is 0.873. The fraction of sp³-hybridized carbons (Fsp3) is 0.294. The summed E-state index contributed by atoms with van der Waals surface area (Å²) in [7, 11) is 0. The Morgan fingerprint density at radius 3 is 2.68 bits per heavy atom. The molecule has 1 aliphatic carbocycles. The Kier molecular flexibility index (Phi) is 3.26. The van der Waals surface area contributed by atoms with E-state index < -0.39 is 0 Å². The van der Waals surface area contributed by atoms with Crippen molar-refractivity contribution in [2.75, 3.05) is 0 Å². The van der Waals surface area contributed by atoms with Crippen LogP contribution in [-0.2, 0) is 6.42 Å². The molecule has 2 atom stereocenters. The molecule has 0 heterocycles. The summed E-state index contributed by atoms with van der Waals surface area (Å²) < 4.78 is 0. The Bertz CT molecular complexity index is 565. The van der Waals surface area contributed by atoms with Gasteiger partial charge in [0, 0.05) is 12.1 Å². The minimum atomic E-state index is 0.319. The highest BCUT2D eigenvalue weighted by Crippen LogP contribution is 2.37. The normalized spacial score (nSPS) is 19.1. The number of phenols is 1. The van der Waals surface area contributed by atoms with E-state index >= 15 is 0 Å². The molecule has 0 saturated heterocycles. The highest BCUT2D eigenvalue weighted by molar-refractivity contribution is 5.44. The molecule has 0 amide bonds. The Morgan fingerprint density at radius 2 is 1.89 bits per heavy atom. The lowest BCUT2D eigenvalue weighted by Crippen LogP contribution is -2.22. The minimum Gasteiger partial charge on any atom is -0.508 e. The maximum atomic E-state index is 9.87. The van der Waals surface area contributed by atoms with Crippen LogP contribution in [-0.4, -0.2) is 5.11 Å². The molecule has 19 heavy (non-hydrogen) atoms. The molecule has 2 heteroatoms. The second-order valence-electron chi connectivity index (χ2n) is 5.24. The molecule has 2 nitrogen and oxygen atoms in total. The van der Waals surface area contributed by atoms with E-state index in [2.05, 4.69) is 42.6 Å². The molecular weight excluding hydrogens is 234 g/mol. The van der Waals surface area contributed by atoms with Crippen LogP contribution >= 0.6 is 0 Å². The highest BCUT2D eigenvalue weighted by Gasteiger charge is 2.25. The van der Waals surface area contributed by atoms with Crippen LogP contribution in [0.1, 0.15) is 42.1 Å². The van der Waals surface area contributed by atoms with Crippen molar-refractivity contribution in [1.29, 1.82) is 0 Å². The largest absolute Gasteiger partial charge is 0.508 e. The summed E-state index contributed by atoms with van der Waals surface area (Å²) in [6, 6.07) is 17.0. The van der Waals surface area contributed by atoms with E-state index in [-0.39, 0.29) is 0 Å². The van der Waals surface area contributed by atoms with Crippen LogP contribution in [0.25, 0.3) is 0 Å². The van der Waals surface area contributed by atoms with Gasteiger partial charge in [-0.2, -0.15) is 0 Å². The molecule has 0 spiro atoms. The molecule has 0 radical (unpaired) electrons. The molecule has 0 aliphatic heterocycles. The summed E-state index contributed by atoms with van der Waals surface area (Å²) in [5.41, 5.74) is 3.67. The van der Waals surface area contributed by atoms with Crippen molar-refractivity contribution in [2.24, 2.45) is 0 Å². The van der Waals surface area contributed by atoms with Gasteiger partial charge in [0.15, 0.2) is 0 Å². The number of benzene rings is 2. The molecule has 2 N–H and O–H groups in total. The standard InChI is InChI=1S/C17H19NO/c1-12(13-6-3-2-4-7-13)18-16-11-10-15-14(16)8-5-9-17(15)19/h2-9,12,16,18-19H,10-11H2,1H3. The molecule has 2 unspecified atom stereocenters. The summed E-state index contributed by atoms with van der Waals surface area (Å²) >= 11 is 0. The first-order valence-corrected chi connectivity index (χ1v) is 6.87. The van der Waals surface area contributed by atoms with Gasteiger partial charge in [0.05, 0.1) is 0 Å². The second kappa shape index (κ2) is 5.06. The van der Waals surface area contributed by atoms with E-state index in [1.165, 1.54) is 11.1 Å². The highest BCUT2D eigenvalue weighted by atomic mass is 16.3. The number of aromatic hydroxyl groups is 1. The van der Waals surface area contributed by atoms with E-state index in [1.807, 2.05) is 12.1 Å². The predicted octanol–water partition coefficient (Wildman–Crippen LogP) is 3.73. The molecule has 0 bridgehead atoms. The van der Waals surface area contributed by atoms with Crippen LogP contribution in [0.2, 0.25) is 0 Å². The maximum absolute atomic E-state index is 9.87. The zero-order valence-corrected chi connectivity index (χ0v) is 11.1. The molecule has 98 valence electrons. The van der Waals surface area contributed by atoms with Crippen LogP contribution in [0.3, 0.4) is 0 Å². The van der Waals surface area contributed by atoms with E-state index in [9.17, 15) is 5.11 Å². The van der Waals surface area contributed by atoms with Crippen molar-refractivity contribution in [1.82, 2.24) is 5.32 Å². The summed E-state index contributed by atoms with van der Waals surface area (Å²) in [6.45, 7) is 2.19. The van der Waals surface area contributed by atoms with E-state index in [0.29, 0.717) is 17.8 Å². The number of nitrogens with one attached hydrogen (secondary N) is 1. The van der Waals surface area contributed by atoms with Crippen LogP contribution < -0.4 is 5.32 Å². The lowest BCUT2D eigenvalue weighted by Gasteiger charge is -2.20. The first-order chi connectivity index (χ1) is 9.25. The average Bonchev–Trinajstić information content (AvgIpc) is 2.84. The summed E-state index contributed by atoms with van der Waals surface area (Å²) in [4.78, 5) is 0. The Labute approximate surface area is 114 Å². The predicted molar refractivity (Wildman–Crippen MR) is 77.2 cm³/mol. The fourth-order valence-electron chi connectivity index (χ4n) is 2.95. The Balaban J connectivity index is 1.78. The average molecular weight is 253 g/mol. The van der Waals surface area contributed by atoms with E-state index in [1.54, 1.807) is 6.07 Å². The van der Waals surface area contributed by atoms with Gasteiger partial charge in [0.1, 0.15) is 5.75 Å². The summed E-state index contributed by atoms with van der Waals surface area (Å²) in [6.07, 6.45) is 2.02. The number of hydrogen-bond acceptors (Lipinski definition) is 2. The molecule has 2 aromatic rings. The van der Waals surface area contributed by atoms with E-state index in [0.717, 1.165) is 18.4 Å². The third kappa shape index (κ3) is 2.36. The molecule has 0 aromatic heterocycles. The van der Waals surface area contributed by atoms with Gasteiger partial charge in [-0.05, 0) is 42.5 Å². The van der Waals surface area contributed by atoms with Crippen molar-refractivity contribution in [3.05, 3.63) is 65.2 Å². The Hall–Kier alpha value is -1.80. The van der Waals surface area contributed by atoms with Crippen molar-refractivity contribution in [3.63, 3.8) is 0 Å². The van der Waals surface area contributed by atoms with Crippen LogP contribution in [0.5, 0.6) is 5.75 Å². The smallest absolute Gasteiger partial charge is 0.119 e. The minimum absolute atomic E-state index is 0.319. The van der Waals surface area contributed by atoms with Crippen molar-refractivity contribution < 1.29 is 5.11 Å². The molecule has 3 rings (SSSR count). The zero-order chi connectivity index (χ0) is 13.2. The van der Waals surface area contributed by atoms with Gasteiger partial charge in [-0.25, -0.2) is 0 Å². The monoisotopic (exact) mass is 253 g/mol.